The highest BCUT2D eigenvalue weighted by molar-refractivity contribution is 5.66. The zero-order valence-electron chi connectivity index (χ0n) is 10.1. The normalized spacial score (nSPS) is 12.3. The molecule has 1 rings (SSSR count). The summed E-state index contributed by atoms with van der Waals surface area (Å²) in [6, 6.07) is 9.93. The number of carboxylic acid groups (broad SMARTS) is 1. The Morgan fingerprint density at radius 3 is 2.71 bits per heavy atom. The fourth-order valence-corrected chi connectivity index (χ4v) is 1.57. The molecule has 2 N–H and O–H groups in total. The first-order valence-electron chi connectivity index (χ1n) is 5.83. The second-order valence-corrected chi connectivity index (χ2v) is 3.70. The molecule has 0 aliphatic heterocycles. The Kier molecular flexibility index (Phi) is 6.29. The maximum absolute atomic E-state index is 10.4. The monoisotopic (exact) mass is 237 g/mol. The first-order chi connectivity index (χ1) is 8.24. The molecule has 1 atom stereocenters. The zero-order chi connectivity index (χ0) is 12.5. The van der Waals surface area contributed by atoms with Gasteiger partial charge in [-0.15, -0.1) is 0 Å². The smallest absolute Gasteiger partial charge is 0.304 e. The van der Waals surface area contributed by atoms with Gasteiger partial charge in [0.05, 0.1) is 12.5 Å². The number of carbonyl (C=O) groups is 1. The molecular formula is C13H19NO3. The van der Waals surface area contributed by atoms with Crippen molar-refractivity contribution in [3.05, 3.63) is 35.9 Å². The van der Waals surface area contributed by atoms with E-state index < -0.39 is 5.97 Å². The third-order valence-corrected chi connectivity index (χ3v) is 2.38. The quantitative estimate of drug-likeness (QED) is 0.677. The number of rotatable bonds is 8. The lowest BCUT2D eigenvalue weighted by Crippen LogP contribution is -2.25. The average Bonchev–Trinajstić information content (AvgIpc) is 2.34. The van der Waals surface area contributed by atoms with Gasteiger partial charge < -0.3 is 15.2 Å². The van der Waals surface area contributed by atoms with Crippen LogP contribution in [0.3, 0.4) is 0 Å². The van der Waals surface area contributed by atoms with Crippen molar-refractivity contribution in [1.82, 2.24) is 5.32 Å². The van der Waals surface area contributed by atoms with E-state index in [1.807, 2.05) is 37.3 Å². The molecule has 1 aromatic carbocycles. The van der Waals surface area contributed by atoms with Crippen LogP contribution < -0.4 is 5.32 Å². The van der Waals surface area contributed by atoms with Crippen molar-refractivity contribution < 1.29 is 14.6 Å². The lowest BCUT2D eigenvalue weighted by Gasteiger charge is -2.17. The van der Waals surface area contributed by atoms with Crippen LogP contribution in [-0.4, -0.2) is 30.8 Å². The van der Waals surface area contributed by atoms with E-state index in [0.29, 0.717) is 19.7 Å². The molecule has 1 unspecified atom stereocenters. The summed E-state index contributed by atoms with van der Waals surface area (Å²) in [5.41, 5.74) is 1.11. The van der Waals surface area contributed by atoms with Gasteiger partial charge in [0.1, 0.15) is 0 Å². The third-order valence-electron chi connectivity index (χ3n) is 2.38. The van der Waals surface area contributed by atoms with Crippen molar-refractivity contribution in [2.24, 2.45) is 0 Å². The van der Waals surface area contributed by atoms with Gasteiger partial charge in [0.25, 0.3) is 0 Å². The van der Waals surface area contributed by atoms with E-state index in [2.05, 4.69) is 5.32 Å². The van der Waals surface area contributed by atoms with Crippen LogP contribution in [0.15, 0.2) is 30.3 Å². The molecule has 0 spiro atoms. The van der Waals surface area contributed by atoms with E-state index >= 15 is 0 Å². The van der Waals surface area contributed by atoms with Gasteiger partial charge in [-0.2, -0.15) is 0 Å². The zero-order valence-corrected chi connectivity index (χ0v) is 10.1. The number of hydrogen-bond acceptors (Lipinski definition) is 3. The maximum atomic E-state index is 10.4. The Hall–Kier alpha value is -1.39. The van der Waals surface area contributed by atoms with Crippen LogP contribution in [0.2, 0.25) is 0 Å². The SMILES string of the molecule is CCOC(CNCCC(=O)O)c1ccccc1. The summed E-state index contributed by atoms with van der Waals surface area (Å²) >= 11 is 0. The molecule has 0 fully saturated rings. The van der Waals surface area contributed by atoms with Gasteiger partial charge in [0.15, 0.2) is 0 Å². The van der Waals surface area contributed by atoms with Crippen molar-refractivity contribution in [3.63, 3.8) is 0 Å². The number of carboxylic acids is 1. The fourth-order valence-electron chi connectivity index (χ4n) is 1.57. The van der Waals surface area contributed by atoms with Gasteiger partial charge in [0, 0.05) is 19.7 Å². The number of nitrogens with one attached hydrogen (secondary N) is 1. The molecule has 94 valence electrons. The van der Waals surface area contributed by atoms with Crippen molar-refractivity contribution in [2.75, 3.05) is 19.7 Å². The second-order valence-electron chi connectivity index (χ2n) is 3.70. The third kappa shape index (κ3) is 5.47. The Bertz CT molecular complexity index is 327. The van der Waals surface area contributed by atoms with Crippen LogP contribution in [0.1, 0.15) is 25.0 Å². The first kappa shape index (κ1) is 13.7. The predicted molar refractivity (Wildman–Crippen MR) is 65.9 cm³/mol. The van der Waals surface area contributed by atoms with Gasteiger partial charge in [-0.3, -0.25) is 4.79 Å². The van der Waals surface area contributed by atoms with Gasteiger partial charge in [-0.25, -0.2) is 0 Å². The average molecular weight is 237 g/mol. The minimum atomic E-state index is -0.787. The summed E-state index contributed by atoms with van der Waals surface area (Å²) in [4.78, 5) is 10.4. The van der Waals surface area contributed by atoms with Gasteiger partial charge in [-0.1, -0.05) is 30.3 Å². The molecule has 17 heavy (non-hydrogen) atoms. The number of benzene rings is 1. The van der Waals surface area contributed by atoms with E-state index in [0.717, 1.165) is 5.56 Å². The summed E-state index contributed by atoms with van der Waals surface area (Å²) in [5.74, 6) is -0.787. The highest BCUT2D eigenvalue weighted by Crippen LogP contribution is 2.15. The summed E-state index contributed by atoms with van der Waals surface area (Å²) < 4.78 is 5.63. The minimum absolute atomic E-state index is 0.0185. The standard InChI is InChI=1S/C13H19NO3/c1-2-17-12(10-14-9-8-13(15)16)11-6-4-3-5-7-11/h3-7,12,14H,2,8-10H2,1H3,(H,15,16). The van der Waals surface area contributed by atoms with Crippen molar-refractivity contribution in [1.29, 1.82) is 0 Å². The van der Waals surface area contributed by atoms with Gasteiger partial charge in [0.2, 0.25) is 0 Å². The molecule has 0 radical (unpaired) electrons. The molecular weight excluding hydrogens is 218 g/mol. The molecule has 0 heterocycles. The van der Waals surface area contributed by atoms with Crippen molar-refractivity contribution in [3.8, 4) is 0 Å². The molecule has 0 bridgehead atoms. The van der Waals surface area contributed by atoms with Crippen LogP contribution >= 0.6 is 0 Å². The summed E-state index contributed by atoms with van der Waals surface area (Å²) in [5, 5.41) is 11.6. The Balaban J connectivity index is 2.41. The van der Waals surface area contributed by atoms with E-state index in [4.69, 9.17) is 9.84 Å². The first-order valence-corrected chi connectivity index (χ1v) is 5.83. The van der Waals surface area contributed by atoms with Crippen LogP contribution in [0, 0.1) is 0 Å². The Labute approximate surface area is 102 Å². The molecule has 4 heteroatoms. The lowest BCUT2D eigenvalue weighted by molar-refractivity contribution is -0.136. The molecule has 0 saturated carbocycles. The molecule has 0 aromatic heterocycles. The molecule has 4 nitrogen and oxygen atoms in total. The number of hydrogen-bond donors (Lipinski definition) is 2. The lowest BCUT2D eigenvalue weighted by atomic mass is 10.1. The molecule has 0 aliphatic carbocycles. The highest BCUT2D eigenvalue weighted by Gasteiger charge is 2.10. The minimum Gasteiger partial charge on any atom is -0.481 e. The summed E-state index contributed by atoms with van der Waals surface area (Å²) in [6.07, 6.45) is 0.114. The summed E-state index contributed by atoms with van der Waals surface area (Å²) in [7, 11) is 0. The Morgan fingerprint density at radius 2 is 2.12 bits per heavy atom. The van der Waals surface area contributed by atoms with E-state index in [-0.39, 0.29) is 12.5 Å². The van der Waals surface area contributed by atoms with Crippen LogP contribution in [0.5, 0.6) is 0 Å². The van der Waals surface area contributed by atoms with Crippen LogP contribution in [0.4, 0.5) is 0 Å². The predicted octanol–water partition coefficient (Wildman–Crippen LogP) is 1.83. The van der Waals surface area contributed by atoms with E-state index in [1.54, 1.807) is 0 Å². The van der Waals surface area contributed by atoms with Gasteiger partial charge >= 0.3 is 5.97 Å². The Morgan fingerprint density at radius 1 is 1.41 bits per heavy atom. The topological polar surface area (TPSA) is 58.6 Å². The van der Waals surface area contributed by atoms with E-state index in [9.17, 15) is 4.79 Å². The molecule has 1 aromatic rings. The van der Waals surface area contributed by atoms with Gasteiger partial charge in [-0.05, 0) is 12.5 Å². The molecule has 0 aliphatic rings. The number of aliphatic carboxylic acids is 1. The van der Waals surface area contributed by atoms with E-state index in [1.165, 1.54) is 0 Å². The summed E-state index contributed by atoms with van der Waals surface area (Å²) in [6.45, 7) is 3.68. The van der Waals surface area contributed by atoms with Crippen LogP contribution in [0.25, 0.3) is 0 Å². The molecule has 0 saturated heterocycles. The number of ether oxygens (including phenoxy) is 1. The van der Waals surface area contributed by atoms with Crippen molar-refractivity contribution in [2.45, 2.75) is 19.4 Å². The van der Waals surface area contributed by atoms with Crippen LogP contribution in [-0.2, 0) is 9.53 Å². The highest BCUT2D eigenvalue weighted by atomic mass is 16.5. The largest absolute Gasteiger partial charge is 0.481 e. The fraction of sp³-hybridized carbons (Fsp3) is 0.462. The molecule has 0 amide bonds. The van der Waals surface area contributed by atoms with Crippen molar-refractivity contribution >= 4 is 5.97 Å². The second kappa shape index (κ2) is 7.81. The maximum Gasteiger partial charge on any atom is 0.304 e.